The molecule has 0 radical (unpaired) electrons. The van der Waals surface area contributed by atoms with Crippen LogP contribution >= 0.6 is 34.4 Å². The van der Waals surface area contributed by atoms with Gasteiger partial charge >= 0.3 is 0 Å². The summed E-state index contributed by atoms with van der Waals surface area (Å²) in [6.07, 6.45) is 3.82. The van der Waals surface area contributed by atoms with Crippen molar-refractivity contribution in [3.8, 4) is 0 Å². The van der Waals surface area contributed by atoms with Crippen molar-refractivity contribution >= 4 is 34.4 Å². The highest BCUT2D eigenvalue weighted by Gasteiger charge is 1.97. The van der Waals surface area contributed by atoms with Gasteiger partial charge in [-0.2, -0.15) is 0 Å². The zero-order chi connectivity index (χ0) is 7.56. The van der Waals surface area contributed by atoms with E-state index in [1.54, 1.807) is 11.8 Å². The monoisotopic (exact) mass is 266 g/mol. The molecule has 0 atom stereocenters. The lowest BCUT2D eigenvalue weighted by Gasteiger charge is -1.97. The lowest BCUT2D eigenvalue weighted by atomic mass is 10.4. The number of aromatic nitrogens is 2. The second-order valence-corrected chi connectivity index (χ2v) is 3.63. The van der Waals surface area contributed by atoms with Gasteiger partial charge in [-0.25, -0.2) is 9.97 Å². The molecule has 0 spiro atoms. The van der Waals surface area contributed by atoms with Crippen LogP contribution in [0, 0.1) is 10.6 Å². The zero-order valence-corrected chi connectivity index (χ0v) is 8.73. The highest BCUT2D eigenvalue weighted by atomic mass is 127. The molecule has 0 N–H and O–H groups in total. The lowest BCUT2D eigenvalue weighted by Crippen LogP contribution is -1.91. The van der Waals surface area contributed by atoms with E-state index in [1.807, 2.05) is 19.4 Å². The fourth-order valence-corrected chi connectivity index (χ4v) is 1.38. The number of halogens is 1. The molecule has 0 aromatic carbocycles. The SMILES string of the molecule is CSc1ncc(C)c(I)n1. The Bertz CT molecular complexity index is 239. The quantitative estimate of drug-likeness (QED) is 0.337. The molecule has 10 heavy (non-hydrogen) atoms. The molecule has 0 saturated carbocycles. The van der Waals surface area contributed by atoms with Crippen LogP contribution in [0.4, 0.5) is 0 Å². The van der Waals surface area contributed by atoms with Crippen LogP contribution in [0.1, 0.15) is 5.56 Å². The number of aryl methyl sites for hydroxylation is 1. The van der Waals surface area contributed by atoms with E-state index >= 15 is 0 Å². The summed E-state index contributed by atoms with van der Waals surface area (Å²) in [7, 11) is 0. The first-order valence-electron chi connectivity index (χ1n) is 2.77. The summed E-state index contributed by atoms with van der Waals surface area (Å²) < 4.78 is 1.04. The molecule has 0 aliphatic rings. The van der Waals surface area contributed by atoms with Crippen molar-refractivity contribution in [3.05, 3.63) is 15.5 Å². The van der Waals surface area contributed by atoms with Crippen molar-refractivity contribution in [3.63, 3.8) is 0 Å². The average Bonchev–Trinajstić information content (AvgIpc) is 1.95. The third-order valence-corrected chi connectivity index (χ3v) is 2.72. The fourth-order valence-electron chi connectivity index (χ4n) is 0.505. The van der Waals surface area contributed by atoms with Crippen LogP contribution in [-0.2, 0) is 0 Å². The van der Waals surface area contributed by atoms with Gasteiger partial charge in [-0.3, -0.25) is 0 Å². The summed E-state index contributed by atoms with van der Waals surface area (Å²) >= 11 is 3.77. The summed E-state index contributed by atoms with van der Waals surface area (Å²) in [6.45, 7) is 2.01. The maximum atomic E-state index is 4.23. The molecule has 1 heterocycles. The van der Waals surface area contributed by atoms with Gasteiger partial charge in [-0.1, -0.05) is 11.8 Å². The first-order valence-corrected chi connectivity index (χ1v) is 5.07. The number of thioether (sulfide) groups is 1. The van der Waals surface area contributed by atoms with Crippen molar-refractivity contribution in [1.82, 2.24) is 9.97 Å². The number of hydrogen-bond donors (Lipinski definition) is 0. The molecular formula is C6H7IN2S. The Balaban J connectivity index is 3.04. The van der Waals surface area contributed by atoms with E-state index < -0.39 is 0 Å². The highest BCUT2D eigenvalue weighted by molar-refractivity contribution is 14.1. The maximum absolute atomic E-state index is 4.23. The second-order valence-electron chi connectivity index (χ2n) is 1.83. The minimum Gasteiger partial charge on any atom is -0.231 e. The molecule has 54 valence electrons. The lowest BCUT2D eigenvalue weighted by molar-refractivity contribution is 0.930. The number of rotatable bonds is 1. The van der Waals surface area contributed by atoms with Crippen LogP contribution < -0.4 is 0 Å². The molecule has 0 fully saturated rings. The Morgan fingerprint density at radius 1 is 1.60 bits per heavy atom. The maximum Gasteiger partial charge on any atom is 0.188 e. The van der Waals surface area contributed by atoms with E-state index in [1.165, 1.54) is 0 Å². The predicted molar refractivity (Wildman–Crippen MR) is 51.3 cm³/mol. The number of hydrogen-bond acceptors (Lipinski definition) is 3. The van der Waals surface area contributed by atoms with Crippen LogP contribution in [0.25, 0.3) is 0 Å². The van der Waals surface area contributed by atoms with E-state index in [4.69, 9.17) is 0 Å². The molecule has 0 unspecified atom stereocenters. The Kier molecular flexibility index (Phi) is 2.91. The molecule has 0 amide bonds. The van der Waals surface area contributed by atoms with Crippen LogP contribution in [-0.4, -0.2) is 16.2 Å². The Labute approximate surface area is 78.0 Å². The van der Waals surface area contributed by atoms with Crippen LogP contribution in [0.5, 0.6) is 0 Å². The summed E-state index contributed by atoms with van der Waals surface area (Å²) in [5.74, 6) is 0. The van der Waals surface area contributed by atoms with E-state index in [9.17, 15) is 0 Å². The van der Waals surface area contributed by atoms with Gasteiger partial charge in [0.1, 0.15) is 3.70 Å². The van der Waals surface area contributed by atoms with Gasteiger partial charge in [0.25, 0.3) is 0 Å². The average molecular weight is 266 g/mol. The van der Waals surface area contributed by atoms with Crippen molar-refractivity contribution < 1.29 is 0 Å². The Hall–Kier alpha value is 0.160. The smallest absolute Gasteiger partial charge is 0.188 e. The van der Waals surface area contributed by atoms with Gasteiger partial charge in [0.2, 0.25) is 0 Å². The molecular weight excluding hydrogens is 259 g/mol. The fraction of sp³-hybridized carbons (Fsp3) is 0.333. The van der Waals surface area contributed by atoms with E-state index in [2.05, 4.69) is 32.6 Å². The Morgan fingerprint density at radius 3 is 2.80 bits per heavy atom. The third-order valence-electron chi connectivity index (χ3n) is 1.07. The molecule has 0 bridgehead atoms. The normalized spacial score (nSPS) is 9.90. The Morgan fingerprint density at radius 2 is 2.30 bits per heavy atom. The predicted octanol–water partition coefficient (Wildman–Crippen LogP) is 2.11. The molecule has 0 aliphatic heterocycles. The van der Waals surface area contributed by atoms with Crippen molar-refractivity contribution in [1.29, 1.82) is 0 Å². The minimum atomic E-state index is 0.843. The molecule has 2 nitrogen and oxygen atoms in total. The molecule has 0 aliphatic carbocycles. The number of nitrogens with zero attached hydrogens (tertiary/aromatic N) is 2. The van der Waals surface area contributed by atoms with Crippen LogP contribution in [0.15, 0.2) is 11.4 Å². The molecule has 4 heteroatoms. The largest absolute Gasteiger partial charge is 0.231 e. The molecule has 1 aromatic heterocycles. The van der Waals surface area contributed by atoms with E-state index in [0.29, 0.717) is 0 Å². The van der Waals surface area contributed by atoms with E-state index in [0.717, 1.165) is 14.4 Å². The zero-order valence-electron chi connectivity index (χ0n) is 5.76. The van der Waals surface area contributed by atoms with Crippen molar-refractivity contribution in [2.75, 3.05) is 6.26 Å². The van der Waals surface area contributed by atoms with Crippen LogP contribution in [0.3, 0.4) is 0 Å². The van der Waals surface area contributed by atoms with E-state index in [-0.39, 0.29) is 0 Å². The third kappa shape index (κ3) is 1.82. The van der Waals surface area contributed by atoms with Gasteiger partial charge in [0, 0.05) is 6.20 Å². The van der Waals surface area contributed by atoms with Gasteiger partial charge in [-0.15, -0.1) is 0 Å². The standard InChI is InChI=1S/C6H7IN2S/c1-4-3-8-6(10-2)9-5(4)7/h3H,1-2H3. The second kappa shape index (κ2) is 3.52. The minimum absolute atomic E-state index is 0.843. The van der Waals surface area contributed by atoms with Gasteiger partial charge in [0.05, 0.1) is 0 Å². The van der Waals surface area contributed by atoms with Gasteiger partial charge < -0.3 is 0 Å². The first kappa shape index (κ1) is 8.26. The molecule has 1 rings (SSSR count). The first-order chi connectivity index (χ1) is 4.74. The van der Waals surface area contributed by atoms with Crippen molar-refractivity contribution in [2.45, 2.75) is 12.1 Å². The molecule has 1 aromatic rings. The topological polar surface area (TPSA) is 25.8 Å². The summed E-state index contributed by atoms with van der Waals surface area (Å²) in [5, 5.41) is 0.843. The van der Waals surface area contributed by atoms with Crippen LogP contribution in [0.2, 0.25) is 0 Å². The summed E-state index contributed by atoms with van der Waals surface area (Å²) in [4.78, 5) is 8.33. The summed E-state index contributed by atoms with van der Waals surface area (Å²) in [5.41, 5.74) is 1.14. The summed E-state index contributed by atoms with van der Waals surface area (Å²) in [6, 6.07) is 0. The van der Waals surface area contributed by atoms with Gasteiger partial charge in [0.15, 0.2) is 5.16 Å². The van der Waals surface area contributed by atoms with Crippen molar-refractivity contribution in [2.24, 2.45) is 0 Å². The molecule has 0 saturated heterocycles. The van der Waals surface area contributed by atoms with Gasteiger partial charge in [-0.05, 0) is 41.3 Å². The highest BCUT2D eigenvalue weighted by Crippen LogP contribution is 2.12.